The van der Waals surface area contributed by atoms with Gasteiger partial charge in [0.25, 0.3) is 0 Å². The highest BCUT2D eigenvalue weighted by Crippen LogP contribution is 2.21. The fourth-order valence-electron chi connectivity index (χ4n) is 1.68. The van der Waals surface area contributed by atoms with E-state index in [0.29, 0.717) is 6.54 Å². The van der Waals surface area contributed by atoms with Crippen molar-refractivity contribution in [3.63, 3.8) is 0 Å². The van der Waals surface area contributed by atoms with Gasteiger partial charge in [-0.05, 0) is 16.5 Å². The second-order valence-electron chi connectivity index (χ2n) is 5.72. The number of aliphatic carboxylic acids is 1. The van der Waals surface area contributed by atoms with Gasteiger partial charge in [0, 0.05) is 6.54 Å². The first-order valence-corrected chi connectivity index (χ1v) is 6.57. The molecule has 0 aliphatic carbocycles. The van der Waals surface area contributed by atoms with Crippen LogP contribution < -0.4 is 10.6 Å². The Kier molecular flexibility index (Phi) is 5.70. The van der Waals surface area contributed by atoms with Gasteiger partial charge < -0.3 is 15.7 Å². The van der Waals surface area contributed by atoms with Crippen LogP contribution in [0.2, 0.25) is 0 Å². The Morgan fingerprint density at radius 2 is 1.70 bits per heavy atom. The van der Waals surface area contributed by atoms with Crippen LogP contribution in [0.1, 0.15) is 31.9 Å². The molecule has 0 aliphatic rings. The molecule has 20 heavy (non-hydrogen) atoms. The van der Waals surface area contributed by atoms with Gasteiger partial charge in [-0.1, -0.05) is 45.0 Å². The quantitative estimate of drug-likeness (QED) is 0.732. The lowest BCUT2D eigenvalue weighted by Crippen LogP contribution is -2.36. The summed E-state index contributed by atoms with van der Waals surface area (Å²) < 4.78 is 0. The van der Waals surface area contributed by atoms with E-state index in [4.69, 9.17) is 5.11 Å². The van der Waals surface area contributed by atoms with Gasteiger partial charge in [-0.3, -0.25) is 9.59 Å². The molecule has 0 radical (unpaired) electrons. The molecule has 1 amide bonds. The zero-order valence-corrected chi connectivity index (χ0v) is 12.2. The lowest BCUT2D eigenvalue weighted by molar-refractivity contribution is -0.137. The van der Waals surface area contributed by atoms with Gasteiger partial charge in [0.05, 0.1) is 6.54 Å². The molecule has 0 aliphatic heterocycles. The van der Waals surface area contributed by atoms with Crippen LogP contribution >= 0.6 is 0 Å². The topological polar surface area (TPSA) is 78.4 Å². The van der Waals surface area contributed by atoms with Crippen LogP contribution in [-0.2, 0) is 21.5 Å². The van der Waals surface area contributed by atoms with Gasteiger partial charge in [-0.2, -0.15) is 0 Å². The zero-order valence-electron chi connectivity index (χ0n) is 12.2. The summed E-state index contributed by atoms with van der Waals surface area (Å²) in [6.07, 6.45) is 0. The van der Waals surface area contributed by atoms with Crippen molar-refractivity contribution in [2.75, 3.05) is 13.1 Å². The van der Waals surface area contributed by atoms with Crippen molar-refractivity contribution in [1.29, 1.82) is 0 Å². The van der Waals surface area contributed by atoms with Gasteiger partial charge in [0.2, 0.25) is 5.91 Å². The van der Waals surface area contributed by atoms with E-state index in [1.165, 1.54) is 5.56 Å². The van der Waals surface area contributed by atoms with E-state index in [9.17, 15) is 9.59 Å². The minimum atomic E-state index is -1.05. The Labute approximate surface area is 119 Å². The highest BCUT2D eigenvalue weighted by molar-refractivity contribution is 5.82. The second-order valence-corrected chi connectivity index (χ2v) is 5.72. The molecule has 110 valence electrons. The molecule has 0 saturated heterocycles. The van der Waals surface area contributed by atoms with Crippen LogP contribution in [-0.4, -0.2) is 30.1 Å². The number of carbonyl (C=O) groups excluding carboxylic acids is 1. The highest BCUT2D eigenvalue weighted by Gasteiger charge is 2.12. The number of carbonyl (C=O) groups is 2. The first kappa shape index (κ1) is 16.2. The Morgan fingerprint density at radius 1 is 1.10 bits per heavy atom. The number of hydrogen-bond donors (Lipinski definition) is 3. The number of carboxylic acid groups (broad SMARTS) is 1. The van der Waals surface area contributed by atoms with Gasteiger partial charge in [0.1, 0.15) is 6.54 Å². The van der Waals surface area contributed by atoms with Crippen LogP contribution in [0, 0.1) is 0 Å². The summed E-state index contributed by atoms with van der Waals surface area (Å²) in [7, 11) is 0. The summed E-state index contributed by atoms with van der Waals surface area (Å²) >= 11 is 0. The van der Waals surface area contributed by atoms with Crippen LogP contribution in [0.5, 0.6) is 0 Å². The monoisotopic (exact) mass is 278 g/mol. The first-order valence-electron chi connectivity index (χ1n) is 6.57. The summed E-state index contributed by atoms with van der Waals surface area (Å²) in [6, 6.07) is 8.23. The summed E-state index contributed by atoms with van der Waals surface area (Å²) in [5.41, 5.74) is 2.48. The Bertz CT molecular complexity index is 461. The van der Waals surface area contributed by atoms with Crippen molar-refractivity contribution in [1.82, 2.24) is 10.6 Å². The third kappa shape index (κ3) is 5.84. The normalized spacial score (nSPS) is 11.2. The van der Waals surface area contributed by atoms with E-state index >= 15 is 0 Å². The van der Waals surface area contributed by atoms with Crippen molar-refractivity contribution in [3.05, 3.63) is 35.4 Å². The van der Waals surface area contributed by atoms with E-state index in [1.54, 1.807) is 0 Å². The molecular formula is C15H22N2O3. The van der Waals surface area contributed by atoms with Crippen molar-refractivity contribution >= 4 is 11.9 Å². The van der Waals surface area contributed by atoms with E-state index in [1.807, 2.05) is 12.1 Å². The molecule has 0 spiro atoms. The molecule has 1 aromatic rings. The third-order valence-electron chi connectivity index (χ3n) is 2.87. The SMILES string of the molecule is CC(C)(C)c1ccc(CNCC(=O)NCC(=O)O)cc1. The van der Waals surface area contributed by atoms with Crippen molar-refractivity contribution in [2.24, 2.45) is 0 Å². The molecule has 0 unspecified atom stereocenters. The molecule has 0 aromatic heterocycles. The molecule has 0 bridgehead atoms. The maximum atomic E-state index is 11.3. The third-order valence-corrected chi connectivity index (χ3v) is 2.87. The minimum Gasteiger partial charge on any atom is -0.480 e. The lowest BCUT2D eigenvalue weighted by atomic mass is 9.87. The number of carboxylic acids is 1. The van der Waals surface area contributed by atoms with E-state index < -0.39 is 5.97 Å². The Hall–Kier alpha value is -1.88. The van der Waals surface area contributed by atoms with Crippen LogP contribution in [0.4, 0.5) is 0 Å². The predicted octanol–water partition coefficient (Wildman–Crippen LogP) is 1.27. The zero-order chi connectivity index (χ0) is 15.2. The molecule has 0 heterocycles. The van der Waals surface area contributed by atoms with Crippen molar-refractivity contribution in [2.45, 2.75) is 32.7 Å². The van der Waals surface area contributed by atoms with E-state index in [-0.39, 0.29) is 24.4 Å². The summed E-state index contributed by atoms with van der Waals surface area (Å²) in [5, 5.41) is 13.7. The average molecular weight is 278 g/mol. The maximum Gasteiger partial charge on any atom is 0.322 e. The molecule has 1 rings (SSSR count). The fourth-order valence-corrected chi connectivity index (χ4v) is 1.68. The fraction of sp³-hybridized carbons (Fsp3) is 0.467. The first-order chi connectivity index (χ1) is 9.29. The molecule has 1 aromatic carbocycles. The predicted molar refractivity (Wildman–Crippen MR) is 77.5 cm³/mol. The largest absolute Gasteiger partial charge is 0.480 e. The van der Waals surface area contributed by atoms with E-state index in [0.717, 1.165) is 5.56 Å². The molecule has 3 N–H and O–H groups in total. The van der Waals surface area contributed by atoms with Crippen molar-refractivity contribution < 1.29 is 14.7 Å². The maximum absolute atomic E-state index is 11.3. The smallest absolute Gasteiger partial charge is 0.322 e. The second kappa shape index (κ2) is 7.05. The number of amides is 1. The van der Waals surface area contributed by atoms with Crippen LogP contribution in [0.15, 0.2) is 24.3 Å². The standard InChI is InChI=1S/C15H22N2O3/c1-15(2,3)12-6-4-11(5-7-12)8-16-9-13(18)17-10-14(19)20/h4-7,16H,8-10H2,1-3H3,(H,17,18)(H,19,20). The van der Waals surface area contributed by atoms with Gasteiger partial charge >= 0.3 is 5.97 Å². The Balaban J connectivity index is 2.36. The Morgan fingerprint density at radius 3 is 2.20 bits per heavy atom. The summed E-state index contributed by atoms with van der Waals surface area (Å²) in [6.45, 7) is 6.81. The van der Waals surface area contributed by atoms with E-state index in [2.05, 4.69) is 43.5 Å². The lowest BCUT2D eigenvalue weighted by Gasteiger charge is -2.19. The summed E-state index contributed by atoms with van der Waals surface area (Å²) in [4.78, 5) is 21.6. The summed E-state index contributed by atoms with van der Waals surface area (Å²) in [5.74, 6) is -1.37. The van der Waals surface area contributed by atoms with Gasteiger partial charge in [0.15, 0.2) is 0 Å². The number of benzene rings is 1. The molecular weight excluding hydrogens is 256 g/mol. The average Bonchev–Trinajstić information content (AvgIpc) is 2.36. The minimum absolute atomic E-state index is 0.105. The number of nitrogens with one attached hydrogen (secondary N) is 2. The van der Waals surface area contributed by atoms with Crippen molar-refractivity contribution in [3.8, 4) is 0 Å². The molecule has 0 fully saturated rings. The highest BCUT2D eigenvalue weighted by atomic mass is 16.4. The molecule has 5 heteroatoms. The van der Waals surface area contributed by atoms with Gasteiger partial charge in [-0.25, -0.2) is 0 Å². The van der Waals surface area contributed by atoms with Gasteiger partial charge in [-0.15, -0.1) is 0 Å². The molecule has 5 nitrogen and oxygen atoms in total. The molecule has 0 saturated carbocycles. The molecule has 0 atom stereocenters. The van der Waals surface area contributed by atoms with Crippen LogP contribution in [0.25, 0.3) is 0 Å². The number of hydrogen-bond acceptors (Lipinski definition) is 3. The van der Waals surface area contributed by atoms with Crippen LogP contribution in [0.3, 0.4) is 0 Å². The number of rotatable bonds is 6.